The van der Waals surface area contributed by atoms with E-state index in [1.165, 1.54) is 0 Å². The molecule has 0 aromatic heterocycles. The Labute approximate surface area is 98.2 Å². The van der Waals surface area contributed by atoms with Gasteiger partial charge in [-0.15, -0.1) is 0 Å². The van der Waals surface area contributed by atoms with E-state index in [2.05, 4.69) is 6.92 Å². The van der Waals surface area contributed by atoms with Gasteiger partial charge in [0.1, 0.15) is 6.10 Å². The fourth-order valence-electron chi connectivity index (χ4n) is 1.52. The Balaban J connectivity index is 3.82. The van der Waals surface area contributed by atoms with Crippen molar-refractivity contribution in [1.29, 1.82) is 0 Å². The molecule has 0 bridgehead atoms. The Morgan fingerprint density at radius 3 is 2.06 bits per heavy atom. The van der Waals surface area contributed by atoms with E-state index in [9.17, 15) is 0 Å². The van der Waals surface area contributed by atoms with Crippen LogP contribution >= 0.6 is 0 Å². The fraction of sp³-hybridized carbons (Fsp3) is 1.00. The van der Waals surface area contributed by atoms with Crippen molar-refractivity contribution in [2.75, 3.05) is 6.61 Å². The molecule has 0 spiro atoms. The first-order valence-electron chi connectivity index (χ1n) is 6.31. The Bertz CT molecular complexity index is 154. The van der Waals surface area contributed by atoms with Gasteiger partial charge in [-0.2, -0.15) is 0 Å². The third kappa shape index (κ3) is 8.05. The van der Waals surface area contributed by atoms with Crippen LogP contribution in [-0.4, -0.2) is 34.0 Å². The lowest BCUT2D eigenvalue weighted by atomic mass is 10.1. The molecule has 4 nitrogen and oxygen atoms in total. The Morgan fingerprint density at radius 1 is 0.938 bits per heavy atom. The molecule has 0 aromatic rings. The van der Waals surface area contributed by atoms with Crippen molar-refractivity contribution >= 4 is 0 Å². The fourth-order valence-corrected chi connectivity index (χ4v) is 1.52. The summed E-state index contributed by atoms with van der Waals surface area (Å²) in [5.74, 6) is -2.71. The molecule has 0 saturated carbocycles. The Hall–Kier alpha value is -0.160. The molecular weight excluding hydrogens is 208 g/mol. The molecule has 0 heterocycles. The van der Waals surface area contributed by atoms with E-state index in [1.54, 1.807) is 0 Å². The summed E-state index contributed by atoms with van der Waals surface area (Å²) in [6, 6.07) is 0. The maximum atomic E-state index is 9.12. The van der Waals surface area contributed by atoms with Gasteiger partial charge in [-0.25, -0.2) is 0 Å². The zero-order valence-electron chi connectivity index (χ0n) is 10.5. The second kappa shape index (κ2) is 8.93. The molecule has 0 fully saturated rings. The molecule has 0 aliphatic heterocycles. The van der Waals surface area contributed by atoms with Gasteiger partial charge < -0.3 is 20.1 Å². The highest BCUT2D eigenvalue weighted by atomic mass is 16.7. The predicted molar refractivity (Wildman–Crippen MR) is 62.8 cm³/mol. The highest BCUT2D eigenvalue weighted by molar-refractivity contribution is 4.66. The lowest BCUT2D eigenvalue weighted by Crippen LogP contribution is -2.43. The highest BCUT2D eigenvalue weighted by Gasteiger charge is 2.32. The quantitative estimate of drug-likeness (QED) is 0.398. The van der Waals surface area contributed by atoms with Crippen LogP contribution in [0.2, 0.25) is 0 Å². The van der Waals surface area contributed by atoms with E-state index in [0.717, 1.165) is 38.5 Å². The number of hydrogen-bond acceptors (Lipinski definition) is 4. The SMILES string of the molecule is CCCCCCC(OCCCC)C(O)(O)O. The van der Waals surface area contributed by atoms with E-state index in [-0.39, 0.29) is 0 Å². The average Bonchev–Trinajstić information content (AvgIpc) is 2.20. The van der Waals surface area contributed by atoms with Gasteiger partial charge in [-0.1, -0.05) is 46.0 Å². The molecule has 0 aromatic carbocycles. The zero-order valence-corrected chi connectivity index (χ0v) is 10.5. The van der Waals surface area contributed by atoms with Crippen LogP contribution in [0.3, 0.4) is 0 Å². The smallest absolute Gasteiger partial charge is 0.303 e. The molecule has 3 N–H and O–H groups in total. The van der Waals surface area contributed by atoms with E-state index in [4.69, 9.17) is 20.1 Å². The van der Waals surface area contributed by atoms with Crippen molar-refractivity contribution in [1.82, 2.24) is 0 Å². The second-order valence-electron chi connectivity index (χ2n) is 4.25. The predicted octanol–water partition coefficient (Wildman–Crippen LogP) is 1.77. The van der Waals surface area contributed by atoms with Crippen LogP contribution in [0, 0.1) is 0 Å². The maximum absolute atomic E-state index is 9.12. The summed E-state index contributed by atoms with van der Waals surface area (Å²) in [6.07, 6.45) is 5.55. The summed E-state index contributed by atoms with van der Waals surface area (Å²) in [6.45, 7) is 4.60. The number of ether oxygens (including phenoxy) is 1. The monoisotopic (exact) mass is 234 g/mol. The maximum Gasteiger partial charge on any atom is 0.303 e. The van der Waals surface area contributed by atoms with Gasteiger partial charge in [-0.05, 0) is 12.8 Å². The molecule has 1 unspecified atom stereocenters. The Morgan fingerprint density at radius 2 is 1.56 bits per heavy atom. The summed E-state index contributed by atoms with van der Waals surface area (Å²) in [7, 11) is 0. The van der Waals surface area contributed by atoms with Crippen molar-refractivity contribution in [2.24, 2.45) is 0 Å². The van der Waals surface area contributed by atoms with Crippen LogP contribution in [0.25, 0.3) is 0 Å². The van der Waals surface area contributed by atoms with Crippen molar-refractivity contribution in [3.63, 3.8) is 0 Å². The molecule has 16 heavy (non-hydrogen) atoms. The first kappa shape index (κ1) is 15.8. The topological polar surface area (TPSA) is 69.9 Å². The van der Waals surface area contributed by atoms with Gasteiger partial charge in [0.2, 0.25) is 0 Å². The minimum Gasteiger partial charge on any atom is -0.370 e. The average molecular weight is 234 g/mol. The molecule has 0 aliphatic carbocycles. The van der Waals surface area contributed by atoms with Gasteiger partial charge in [0, 0.05) is 6.61 Å². The first-order chi connectivity index (χ1) is 7.52. The van der Waals surface area contributed by atoms with Gasteiger partial charge in [0.15, 0.2) is 0 Å². The van der Waals surface area contributed by atoms with E-state index in [1.807, 2.05) is 6.92 Å². The zero-order chi connectivity index (χ0) is 12.4. The van der Waals surface area contributed by atoms with Crippen LogP contribution < -0.4 is 0 Å². The van der Waals surface area contributed by atoms with Crippen LogP contribution in [0.4, 0.5) is 0 Å². The largest absolute Gasteiger partial charge is 0.370 e. The lowest BCUT2D eigenvalue weighted by molar-refractivity contribution is -0.362. The van der Waals surface area contributed by atoms with Crippen molar-refractivity contribution in [3.05, 3.63) is 0 Å². The number of hydrogen-bond donors (Lipinski definition) is 3. The van der Waals surface area contributed by atoms with Crippen molar-refractivity contribution in [2.45, 2.75) is 70.9 Å². The molecule has 1 atom stereocenters. The minimum absolute atomic E-state index is 0.457. The molecule has 0 rings (SSSR count). The third-order valence-corrected chi connectivity index (χ3v) is 2.57. The summed E-state index contributed by atoms with van der Waals surface area (Å²) in [4.78, 5) is 0. The molecule has 0 aliphatic rings. The number of aliphatic hydroxyl groups is 3. The normalized spacial score (nSPS) is 14.1. The molecule has 0 saturated heterocycles. The first-order valence-corrected chi connectivity index (χ1v) is 6.31. The van der Waals surface area contributed by atoms with E-state index in [0.29, 0.717) is 13.0 Å². The molecule has 0 radical (unpaired) electrons. The molecule has 4 heteroatoms. The number of unbranched alkanes of at least 4 members (excludes halogenated alkanes) is 4. The Kier molecular flexibility index (Phi) is 8.84. The summed E-state index contributed by atoms with van der Waals surface area (Å²) in [5, 5.41) is 27.4. The van der Waals surface area contributed by atoms with Gasteiger partial charge in [0.05, 0.1) is 0 Å². The van der Waals surface area contributed by atoms with E-state index >= 15 is 0 Å². The third-order valence-electron chi connectivity index (χ3n) is 2.57. The summed E-state index contributed by atoms with van der Waals surface area (Å²) in [5.41, 5.74) is 0. The van der Waals surface area contributed by atoms with Gasteiger partial charge in [0.25, 0.3) is 0 Å². The van der Waals surface area contributed by atoms with Gasteiger partial charge >= 0.3 is 5.97 Å². The van der Waals surface area contributed by atoms with Crippen LogP contribution in [0.5, 0.6) is 0 Å². The summed E-state index contributed by atoms with van der Waals surface area (Å²) < 4.78 is 5.28. The number of rotatable bonds is 10. The highest BCUT2D eigenvalue weighted by Crippen LogP contribution is 2.16. The minimum atomic E-state index is -2.71. The molecule has 98 valence electrons. The standard InChI is InChI=1S/C12H26O4/c1-3-5-7-8-9-11(12(13,14)15)16-10-6-4-2/h11,13-15H,3-10H2,1-2H3. The van der Waals surface area contributed by atoms with E-state index < -0.39 is 12.1 Å². The van der Waals surface area contributed by atoms with Crippen LogP contribution in [-0.2, 0) is 4.74 Å². The van der Waals surface area contributed by atoms with Crippen molar-refractivity contribution in [3.8, 4) is 0 Å². The molecular formula is C12H26O4. The summed E-state index contributed by atoms with van der Waals surface area (Å²) >= 11 is 0. The second-order valence-corrected chi connectivity index (χ2v) is 4.25. The lowest BCUT2D eigenvalue weighted by Gasteiger charge is -2.26. The molecule has 0 amide bonds. The van der Waals surface area contributed by atoms with Crippen LogP contribution in [0.1, 0.15) is 58.8 Å². The van der Waals surface area contributed by atoms with Crippen LogP contribution in [0.15, 0.2) is 0 Å². The van der Waals surface area contributed by atoms with Gasteiger partial charge in [-0.3, -0.25) is 0 Å². The van der Waals surface area contributed by atoms with Crippen molar-refractivity contribution < 1.29 is 20.1 Å².